The predicted molar refractivity (Wildman–Crippen MR) is 75.7 cm³/mol. The number of nitrogens with two attached hydrogens (primary N) is 1. The average molecular weight is 262 g/mol. The van der Waals surface area contributed by atoms with Crippen LogP contribution in [0.15, 0.2) is 24.3 Å². The van der Waals surface area contributed by atoms with Crippen LogP contribution in [0.5, 0.6) is 0 Å². The number of hydrogen-bond acceptors (Lipinski definition) is 3. The third kappa shape index (κ3) is 4.24. The molecule has 1 amide bonds. The summed E-state index contributed by atoms with van der Waals surface area (Å²) in [7, 11) is 1.88. The van der Waals surface area contributed by atoms with Gasteiger partial charge in [-0.1, -0.05) is 12.1 Å². The maximum absolute atomic E-state index is 12.2. The van der Waals surface area contributed by atoms with Crippen LogP contribution < -0.4 is 5.73 Å². The van der Waals surface area contributed by atoms with E-state index in [0.717, 1.165) is 38.2 Å². The molecule has 4 heteroatoms. The maximum atomic E-state index is 12.2. The van der Waals surface area contributed by atoms with Crippen molar-refractivity contribution in [3.05, 3.63) is 29.8 Å². The molecule has 1 aromatic carbocycles. The Kier molecular flexibility index (Phi) is 4.80. The van der Waals surface area contributed by atoms with Crippen LogP contribution >= 0.6 is 0 Å². The van der Waals surface area contributed by atoms with Crippen molar-refractivity contribution in [2.75, 3.05) is 32.5 Å². The summed E-state index contributed by atoms with van der Waals surface area (Å²) in [5, 5.41) is 0. The van der Waals surface area contributed by atoms with Gasteiger partial charge in [0.15, 0.2) is 0 Å². The minimum atomic E-state index is 0.150. The van der Waals surface area contributed by atoms with Crippen LogP contribution in [0, 0.1) is 5.92 Å². The molecule has 1 aromatic rings. The maximum Gasteiger partial charge on any atom is 0.226 e. The molecule has 1 aliphatic rings. The Labute approximate surface area is 114 Å². The van der Waals surface area contributed by atoms with Gasteiger partial charge in [0.05, 0.1) is 6.42 Å². The van der Waals surface area contributed by atoms with Crippen LogP contribution in [0.4, 0.5) is 5.69 Å². The first kappa shape index (κ1) is 13.9. The first-order valence-electron chi connectivity index (χ1n) is 6.81. The quantitative estimate of drug-likeness (QED) is 0.840. The Hall–Kier alpha value is -1.55. The lowest BCUT2D eigenvalue weighted by Gasteiger charge is -2.27. The number of rotatable bonds is 4. The van der Waals surface area contributed by atoms with Gasteiger partial charge in [0.25, 0.3) is 0 Å². The zero-order valence-electron chi connectivity index (χ0n) is 11.5. The molecule has 2 N–H and O–H groups in total. The molecule has 0 atom stereocenters. The molecule has 0 aromatic heterocycles. The summed E-state index contributed by atoms with van der Waals surface area (Å²) >= 11 is 0. The monoisotopic (exact) mass is 262 g/mol. The largest absolute Gasteiger partial charge is 0.399 e. The molecular weight excluding hydrogens is 240 g/mol. The van der Waals surface area contributed by atoms with Crippen molar-refractivity contribution in [1.82, 2.24) is 4.90 Å². The topological polar surface area (TPSA) is 55.6 Å². The van der Waals surface area contributed by atoms with Crippen LogP contribution in [0.25, 0.3) is 0 Å². The fourth-order valence-electron chi connectivity index (χ4n) is 2.43. The van der Waals surface area contributed by atoms with E-state index in [-0.39, 0.29) is 5.91 Å². The predicted octanol–water partition coefficient (Wildman–Crippen LogP) is 1.70. The van der Waals surface area contributed by atoms with Gasteiger partial charge in [0.2, 0.25) is 5.91 Å². The van der Waals surface area contributed by atoms with Gasteiger partial charge < -0.3 is 15.4 Å². The Morgan fingerprint density at radius 3 is 2.84 bits per heavy atom. The number of carbonyl (C=O) groups excluding carboxylic acids is 1. The zero-order chi connectivity index (χ0) is 13.7. The lowest BCUT2D eigenvalue weighted by atomic mass is 9.99. The smallest absolute Gasteiger partial charge is 0.226 e. The van der Waals surface area contributed by atoms with Gasteiger partial charge in [0.1, 0.15) is 0 Å². The van der Waals surface area contributed by atoms with Crippen molar-refractivity contribution in [2.45, 2.75) is 19.3 Å². The molecule has 1 heterocycles. The molecule has 0 aliphatic carbocycles. The van der Waals surface area contributed by atoms with Crippen molar-refractivity contribution in [3.8, 4) is 0 Å². The van der Waals surface area contributed by atoms with Crippen molar-refractivity contribution >= 4 is 11.6 Å². The number of nitrogens with zero attached hydrogens (tertiary/aromatic N) is 1. The van der Waals surface area contributed by atoms with Crippen molar-refractivity contribution in [2.24, 2.45) is 5.92 Å². The number of anilines is 1. The van der Waals surface area contributed by atoms with Gasteiger partial charge in [-0.15, -0.1) is 0 Å². The molecule has 0 spiro atoms. The van der Waals surface area contributed by atoms with Gasteiger partial charge in [-0.2, -0.15) is 0 Å². The summed E-state index contributed by atoms with van der Waals surface area (Å²) in [5.41, 5.74) is 7.40. The molecule has 1 aliphatic heterocycles. The van der Waals surface area contributed by atoms with Crippen LogP contribution in [-0.2, 0) is 16.0 Å². The Balaban J connectivity index is 1.84. The van der Waals surface area contributed by atoms with E-state index in [1.807, 2.05) is 36.2 Å². The van der Waals surface area contributed by atoms with Gasteiger partial charge in [0, 0.05) is 32.5 Å². The normalized spacial score (nSPS) is 16.3. The number of ether oxygens (including phenoxy) is 1. The molecule has 0 bridgehead atoms. The fourth-order valence-corrected chi connectivity index (χ4v) is 2.43. The van der Waals surface area contributed by atoms with Crippen LogP contribution in [0.2, 0.25) is 0 Å². The third-order valence-electron chi connectivity index (χ3n) is 3.61. The van der Waals surface area contributed by atoms with Gasteiger partial charge in [-0.05, 0) is 36.5 Å². The highest BCUT2D eigenvalue weighted by Gasteiger charge is 2.18. The Morgan fingerprint density at radius 1 is 1.42 bits per heavy atom. The van der Waals surface area contributed by atoms with Crippen LogP contribution in [0.3, 0.4) is 0 Å². The lowest BCUT2D eigenvalue weighted by molar-refractivity contribution is -0.130. The second-order valence-corrected chi connectivity index (χ2v) is 5.25. The Morgan fingerprint density at radius 2 is 2.16 bits per heavy atom. The second-order valence-electron chi connectivity index (χ2n) is 5.25. The molecule has 0 unspecified atom stereocenters. The summed E-state index contributed by atoms with van der Waals surface area (Å²) in [4.78, 5) is 14.0. The van der Waals surface area contributed by atoms with Gasteiger partial charge in [-0.25, -0.2) is 0 Å². The fraction of sp³-hybridized carbons (Fsp3) is 0.533. The highest BCUT2D eigenvalue weighted by Crippen LogP contribution is 2.16. The lowest BCUT2D eigenvalue weighted by Crippen LogP contribution is -2.35. The van der Waals surface area contributed by atoms with E-state index < -0.39 is 0 Å². The van der Waals surface area contributed by atoms with E-state index in [9.17, 15) is 4.79 Å². The highest BCUT2D eigenvalue weighted by atomic mass is 16.5. The number of carbonyl (C=O) groups is 1. The highest BCUT2D eigenvalue weighted by molar-refractivity contribution is 5.78. The molecule has 19 heavy (non-hydrogen) atoms. The minimum Gasteiger partial charge on any atom is -0.399 e. The number of benzene rings is 1. The zero-order valence-corrected chi connectivity index (χ0v) is 11.5. The number of amides is 1. The van der Waals surface area contributed by atoms with E-state index in [1.54, 1.807) is 0 Å². The minimum absolute atomic E-state index is 0.150. The molecule has 0 radical (unpaired) electrons. The summed E-state index contributed by atoms with van der Waals surface area (Å²) in [6, 6.07) is 7.52. The van der Waals surface area contributed by atoms with Crippen LogP contribution in [0.1, 0.15) is 18.4 Å². The van der Waals surface area contributed by atoms with E-state index in [1.165, 1.54) is 0 Å². The first-order chi connectivity index (χ1) is 9.15. The number of likely N-dealkylation sites (N-methyl/N-ethyl adjacent to an activating group) is 1. The van der Waals surface area contributed by atoms with Gasteiger partial charge in [-0.3, -0.25) is 4.79 Å². The summed E-state index contributed by atoms with van der Waals surface area (Å²) in [6.45, 7) is 2.47. The number of nitrogen functional groups attached to an aromatic ring is 1. The van der Waals surface area contributed by atoms with Crippen LogP contribution in [-0.4, -0.2) is 37.6 Å². The van der Waals surface area contributed by atoms with Crippen molar-refractivity contribution < 1.29 is 9.53 Å². The second kappa shape index (κ2) is 6.57. The van der Waals surface area contributed by atoms with E-state index in [0.29, 0.717) is 18.0 Å². The van der Waals surface area contributed by atoms with E-state index >= 15 is 0 Å². The van der Waals surface area contributed by atoms with Crippen molar-refractivity contribution in [3.63, 3.8) is 0 Å². The Bertz CT molecular complexity index is 428. The average Bonchev–Trinajstić information content (AvgIpc) is 2.40. The van der Waals surface area contributed by atoms with E-state index in [4.69, 9.17) is 10.5 Å². The molecule has 1 saturated heterocycles. The number of hydrogen-bond donors (Lipinski definition) is 1. The third-order valence-corrected chi connectivity index (χ3v) is 3.61. The molecular formula is C15H22N2O2. The summed E-state index contributed by atoms with van der Waals surface area (Å²) in [5.74, 6) is 0.723. The van der Waals surface area contributed by atoms with E-state index in [2.05, 4.69) is 0 Å². The van der Waals surface area contributed by atoms with Gasteiger partial charge >= 0.3 is 0 Å². The molecule has 4 nitrogen and oxygen atoms in total. The van der Waals surface area contributed by atoms with Crippen molar-refractivity contribution in [1.29, 1.82) is 0 Å². The summed E-state index contributed by atoms with van der Waals surface area (Å²) in [6.07, 6.45) is 2.52. The SMILES string of the molecule is CN(CC1CCOCC1)C(=O)Cc1cccc(N)c1. The first-order valence-corrected chi connectivity index (χ1v) is 6.81. The molecule has 104 valence electrons. The molecule has 1 fully saturated rings. The molecule has 0 saturated carbocycles. The summed E-state index contributed by atoms with van der Waals surface area (Å²) < 4.78 is 5.33. The molecule has 2 rings (SSSR count). The standard InChI is InChI=1S/C15H22N2O2/c1-17(11-12-5-7-19-8-6-12)15(18)10-13-3-2-4-14(16)9-13/h2-4,9,12H,5-8,10-11,16H2,1H3.